The maximum absolute atomic E-state index is 5.86. The van der Waals surface area contributed by atoms with Crippen LogP contribution in [0.1, 0.15) is 24.4 Å². The van der Waals surface area contributed by atoms with Crippen LogP contribution in [0, 0.1) is 0 Å². The van der Waals surface area contributed by atoms with E-state index in [0.29, 0.717) is 6.04 Å². The molecule has 1 heterocycles. The van der Waals surface area contributed by atoms with Crippen molar-refractivity contribution < 1.29 is 0 Å². The highest BCUT2D eigenvalue weighted by Gasteiger charge is 2.07. The molecule has 2 aromatic rings. The topological polar surface area (TPSA) is 37.8 Å². The van der Waals surface area contributed by atoms with Gasteiger partial charge in [-0.1, -0.05) is 42.0 Å². The Morgan fingerprint density at radius 3 is 2.61 bits per heavy atom. The number of aromatic nitrogens is 2. The molecule has 96 valence electrons. The molecular formula is C13H16ClN3S. The van der Waals surface area contributed by atoms with Gasteiger partial charge in [0, 0.05) is 11.1 Å². The summed E-state index contributed by atoms with van der Waals surface area (Å²) in [6, 6.07) is 8.27. The average Bonchev–Trinajstić information content (AvgIpc) is 2.79. The van der Waals surface area contributed by atoms with Gasteiger partial charge in [0.05, 0.1) is 0 Å². The average molecular weight is 282 g/mol. The maximum atomic E-state index is 5.86. The molecule has 0 saturated carbocycles. The van der Waals surface area contributed by atoms with E-state index in [1.54, 1.807) is 11.3 Å². The van der Waals surface area contributed by atoms with Gasteiger partial charge < -0.3 is 5.32 Å². The maximum Gasteiger partial charge on any atom is 0.205 e. The molecule has 1 aromatic carbocycles. The van der Waals surface area contributed by atoms with Gasteiger partial charge in [0.2, 0.25) is 5.13 Å². The number of nitrogens with one attached hydrogen (secondary N) is 1. The van der Waals surface area contributed by atoms with Gasteiger partial charge >= 0.3 is 0 Å². The zero-order valence-corrected chi connectivity index (χ0v) is 12.1. The highest BCUT2D eigenvalue weighted by atomic mass is 35.5. The third-order valence-electron chi connectivity index (χ3n) is 2.59. The van der Waals surface area contributed by atoms with Crippen molar-refractivity contribution in [3.8, 4) is 0 Å². The monoisotopic (exact) mass is 281 g/mol. The molecule has 1 aromatic heterocycles. The Bertz CT molecular complexity index is 495. The Kier molecular flexibility index (Phi) is 4.55. The van der Waals surface area contributed by atoms with Crippen LogP contribution >= 0.6 is 22.9 Å². The fourth-order valence-corrected chi connectivity index (χ4v) is 2.61. The molecule has 1 atom stereocenters. The first-order chi connectivity index (χ1) is 8.67. The zero-order chi connectivity index (χ0) is 13.0. The van der Waals surface area contributed by atoms with Crippen LogP contribution in [0.3, 0.4) is 0 Å². The van der Waals surface area contributed by atoms with E-state index in [1.165, 1.54) is 5.56 Å². The first-order valence-electron chi connectivity index (χ1n) is 6.00. The fourth-order valence-electron chi connectivity index (χ4n) is 1.69. The molecule has 1 unspecified atom stereocenters. The van der Waals surface area contributed by atoms with Crippen LogP contribution in [-0.2, 0) is 12.8 Å². The Morgan fingerprint density at radius 2 is 2.00 bits per heavy atom. The second-order valence-corrected chi connectivity index (χ2v) is 5.73. The quantitative estimate of drug-likeness (QED) is 0.906. The van der Waals surface area contributed by atoms with E-state index in [-0.39, 0.29) is 0 Å². The largest absolute Gasteiger partial charge is 0.357 e. The molecule has 18 heavy (non-hydrogen) atoms. The van der Waals surface area contributed by atoms with Crippen molar-refractivity contribution in [3.05, 3.63) is 39.9 Å². The van der Waals surface area contributed by atoms with Crippen molar-refractivity contribution in [1.29, 1.82) is 0 Å². The molecule has 0 spiro atoms. The molecule has 5 heteroatoms. The first kappa shape index (κ1) is 13.3. The first-order valence-corrected chi connectivity index (χ1v) is 7.20. The lowest BCUT2D eigenvalue weighted by atomic mass is 10.1. The molecule has 3 nitrogen and oxygen atoms in total. The predicted octanol–water partition coefficient (Wildman–Crippen LogP) is 3.80. The summed E-state index contributed by atoms with van der Waals surface area (Å²) in [6.07, 6.45) is 1.88. The molecule has 0 bridgehead atoms. The second-order valence-electron chi connectivity index (χ2n) is 4.23. The third kappa shape index (κ3) is 3.68. The van der Waals surface area contributed by atoms with Gasteiger partial charge in [-0.2, -0.15) is 0 Å². The van der Waals surface area contributed by atoms with Gasteiger partial charge in [0.1, 0.15) is 5.01 Å². The molecule has 0 aliphatic heterocycles. The van der Waals surface area contributed by atoms with Crippen molar-refractivity contribution in [1.82, 2.24) is 10.2 Å². The van der Waals surface area contributed by atoms with E-state index in [9.17, 15) is 0 Å². The van der Waals surface area contributed by atoms with Crippen molar-refractivity contribution in [3.63, 3.8) is 0 Å². The smallest absolute Gasteiger partial charge is 0.205 e. The van der Waals surface area contributed by atoms with Crippen LogP contribution < -0.4 is 5.32 Å². The molecule has 0 radical (unpaired) electrons. The summed E-state index contributed by atoms with van der Waals surface area (Å²) in [7, 11) is 0. The van der Waals surface area contributed by atoms with Crippen LogP contribution in [0.15, 0.2) is 24.3 Å². The van der Waals surface area contributed by atoms with Crippen molar-refractivity contribution in [2.45, 2.75) is 32.7 Å². The number of hydrogen-bond acceptors (Lipinski definition) is 4. The predicted molar refractivity (Wildman–Crippen MR) is 77.5 cm³/mol. The zero-order valence-electron chi connectivity index (χ0n) is 10.5. The van der Waals surface area contributed by atoms with Crippen LogP contribution in [0.5, 0.6) is 0 Å². The second kappa shape index (κ2) is 6.16. The molecule has 0 amide bonds. The standard InChI is InChI=1S/C13H16ClN3S/c1-3-12-16-17-13(18-12)15-9(2)8-10-4-6-11(14)7-5-10/h4-7,9H,3,8H2,1-2H3,(H,15,17). The van der Waals surface area contributed by atoms with Gasteiger partial charge in [0.25, 0.3) is 0 Å². The SMILES string of the molecule is CCc1nnc(NC(C)Cc2ccc(Cl)cc2)s1. The number of rotatable bonds is 5. The van der Waals surface area contributed by atoms with E-state index in [2.05, 4.69) is 41.5 Å². The minimum absolute atomic E-state index is 0.323. The number of anilines is 1. The third-order valence-corrected chi connectivity index (χ3v) is 3.85. The Labute approximate surface area is 116 Å². The molecule has 0 aliphatic carbocycles. The number of hydrogen-bond donors (Lipinski definition) is 1. The molecule has 0 saturated heterocycles. The van der Waals surface area contributed by atoms with Gasteiger partial charge in [-0.3, -0.25) is 0 Å². The lowest BCUT2D eigenvalue weighted by molar-refractivity contribution is 0.785. The van der Waals surface area contributed by atoms with Gasteiger partial charge in [0.15, 0.2) is 0 Å². The Morgan fingerprint density at radius 1 is 1.28 bits per heavy atom. The summed E-state index contributed by atoms with van der Waals surface area (Å²) < 4.78 is 0. The highest BCUT2D eigenvalue weighted by molar-refractivity contribution is 7.15. The van der Waals surface area contributed by atoms with Gasteiger partial charge in [-0.25, -0.2) is 0 Å². The van der Waals surface area contributed by atoms with Crippen molar-refractivity contribution >= 4 is 28.1 Å². The summed E-state index contributed by atoms with van der Waals surface area (Å²) >= 11 is 7.48. The van der Waals surface area contributed by atoms with Crippen LogP contribution in [0.25, 0.3) is 0 Å². The fraction of sp³-hybridized carbons (Fsp3) is 0.385. The van der Waals surface area contributed by atoms with Gasteiger partial charge in [-0.05, 0) is 37.5 Å². The van der Waals surface area contributed by atoms with Gasteiger partial charge in [-0.15, -0.1) is 10.2 Å². The molecular weight excluding hydrogens is 266 g/mol. The summed E-state index contributed by atoms with van der Waals surface area (Å²) in [5.74, 6) is 0. The summed E-state index contributed by atoms with van der Waals surface area (Å²) in [5, 5.41) is 14.3. The molecule has 1 N–H and O–H groups in total. The highest BCUT2D eigenvalue weighted by Crippen LogP contribution is 2.18. The summed E-state index contributed by atoms with van der Waals surface area (Å²) in [6.45, 7) is 4.23. The van der Waals surface area contributed by atoms with Crippen LogP contribution in [0.4, 0.5) is 5.13 Å². The Hall–Kier alpha value is -1.13. The minimum atomic E-state index is 0.323. The molecule has 0 fully saturated rings. The number of benzene rings is 1. The summed E-state index contributed by atoms with van der Waals surface area (Å²) in [4.78, 5) is 0. The van der Waals surface area contributed by atoms with Crippen molar-refractivity contribution in [2.24, 2.45) is 0 Å². The normalized spacial score (nSPS) is 12.4. The molecule has 0 aliphatic rings. The van der Waals surface area contributed by atoms with E-state index in [4.69, 9.17) is 11.6 Å². The van der Waals surface area contributed by atoms with E-state index in [1.807, 2.05) is 12.1 Å². The number of halogens is 1. The van der Waals surface area contributed by atoms with E-state index < -0.39 is 0 Å². The van der Waals surface area contributed by atoms with Crippen LogP contribution in [0.2, 0.25) is 5.02 Å². The lowest BCUT2D eigenvalue weighted by Crippen LogP contribution is -2.17. The molecule has 2 rings (SSSR count). The number of nitrogens with zero attached hydrogens (tertiary/aromatic N) is 2. The van der Waals surface area contributed by atoms with Crippen molar-refractivity contribution in [2.75, 3.05) is 5.32 Å². The lowest BCUT2D eigenvalue weighted by Gasteiger charge is -2.12. The minimum Gasteiger partial charge on any atom is -0.357 e. The van der Waals surface area contributed by atoms with Crippen LogP contribution in [-0.4, -0.2) is 16.2 Å². The number of aryl methyl sites for hydroxylation is 1. The van der Waals surface area contributed by atoms with E-state index in [0.717, 1.165) is 28.0 Å². The summed E-state index contributed by atoms with van der Waals surface area (Å²) in [5.41, 5.74) is 1.26. The Balaban J connectivity index is 1.91. The van der Waals surface area contributed by atoms with E-state index >= 15 is 0 Å².